The summed E-state index contributed by atoms with van der Waals surface area (Å²) in [5.41, 5.74) is 5.88. The van der Waals surface area contributed by atoms with Crippen LogP contribution in [0.5, 0.6) is 0 Å². The van der Waals surface area contributed by atoms with E-state index in [1.165, 1.54) is 29.8 Å². The normalized spacial score (nSPS) is 14.4. The van der Waals surface area contributed by atoms with Crippen molar-refractivity contribution in [1.29, 1.82) is 0 Å². The molecule has 0 fully saturated rings. The Morgan fingerprint density at radius 3 is 2.65 bits per heavy atom. The Morgan fingerprint density at radius 2 is 1.83 bits per heavy atom. The summed E-state index contributed by atoms with van der Waals surface area (Å²) >= 11 is 0. The van der Waals surface area contributed by atoms with E-state index in [1.807, 2.05) is 20.2 Å². The van der Waals surface area contributed by atoms with Gasteiger partial charge in [-0.2, -0.15) is 0 Å². The summed E-state index contributed by atoms with van der Waals surface area (Å²) in [6.07, 6.45) is 4.74. The van der Waals surface area contributed by atoms with E-state index in [-0.39, 0.29) is 5.69 Å². The number of benzene rings is 1. The van der Waals surface area contributed by atoms with Crippen LogP contribution in [0.3, 0.4) is 0 Å². The first-order valence-corrected chi connectivity index (χ1v) is 8.25. The number of imidazole rings is 2. The minimum Gasteiger partial charge on any atom is -0.328 e. The molecule has 23 heavy (non-hydrogen) atoms. The van der Waals surface area contributed by atoms with Gasteiger partial charge >= 0.3 is 5.69 Å². The van der Waals surface area contributed by atoms with Gasteiger partial charge in [-0.25, -0.2) is 9.78 Å². The lowest BCUT2D eigenvalue weighted by atomic mass is 10.0. The quantitative estimate of drug-likeness (QED) is 0.729. The average molecular weight is 310 g/mol. The van der Waals surface area contributed by atoms with Crippen molar-refractivity contribution < 1.29 is 0 Å². The third-order valence-electron chi connectivity index (χ3n) is 5.10. The van der Waals surface area contributed by atoms with Gasteiger partial charge in [0.25, 0.3) is 0 Å². The van der Waals surface area contributed by atoms with E-state index in [0.29, 0.717) is 0 Å². The zero-order chi connectivity index (χ0) is 16.1. The molecular weight excluding hydrogens is 288 g/mol. The molecule has 120 valence electrons. The predicted octanol–water partition coefficient (Wildman–Crippen LogP) is 2.31. The number of aromatic nitrogens is 4. The van der Waals surface area contributed by atoms with Gasteiger partial charge in [0.15, 0.2) is 0 Å². The Hall–Kier alpha value is -2.30. The number of rotatable bonds is 2. The molecule has 0 N–H and O–H groups in total. The average Bonchev–Trinajstić information content (AvgIpc) is 2.98. The molecule has 0 bridgehead atoms. The van der Waals surface area contributed by atoms with Gasteiger partial charge in [0, 0.05) is 26.3 Å². The largest absolute Gasteiger partial charge is 0.328 e. The highest BCUT2D eigenvalue weighted by Gasteiger charge is 2.18. The molecule has 0 unspecified atom stereocenters. The molecule has 5 nitrogen and oxygen atoms in total. The lowest BCUT2D eigenvalue weighted by Crippen LogP contribution is -2.19. The van der Waals surface area contributed by atoms with Crippen molar-refractivity contribution >= 4 is 11.0 Å². The molecule has 0 amide bonds. The van der Waals surface area contributed by atoms with Crippen LogP contribution in [0.25, 0.3) is 11.0 Å². The summed E-state index contributed by atoms with van der Waals surface area (Å²) < 4.78 is 5.76. The second-order valence-corrected chi connectivity index (χ2v) is 6.57. The third kappa shape index (κ3) is 2.14. The molecule has 1 aromatic carbocycles. The maximum Gasteiger partial charge on any atom is 0.328 e. The van der Waals surface area contributed by atoms with Crippen molar-refractivity contribution in [2.45, 2.75) is 39.2 Å². The van der Waals surface area contributed by atoms with Crippen molar-refractivity contribution in [2.75, 3.05) is 0 Å². The summed E-state index contributed by atoms with van der Waals surface area (Å²) in [5, 5.41) is 0. The Kier molecular flexibility index (Phi) is 3.18. The maximum atomic E-state index is 12.1. The minimum absolute atomic E-state index is 0.0216. The van der Waals surface area contributed by atoms with Gasteiger partial charge in [0.1, 0.15) is 5.82 Å². The molecule has 0 aliphatic heterocycles. The SMILES string of the molecule is Cc1nc2c(n1Cc1ccc3c(c1)n(C)c(=O)n3C)CCCC2. The van der Waals surface area contributed by atoms with Crippen LogP contribution in [0.2, 0.25) is 0 Å². The van der Waals surface area contributed by atoms with E-state index in [1.54, 1.807) is 9.13 Å². The van der Waals surface area contributed by atoms with E-state index < -0.39 is 0 Å². The van der Waals surface area contributed by atoms with E-state index in [9.17, 15) is 4.79 Å². The molecule has 3 aromatic rings. The zero-order valence-electron chi connectivity index (χ0n) is 14.0. The van der Waals surface area contributed by atoms with Crippen molar-refractivity contribution in [1.82, 2.24) is 18.7 Å². The smallest absolute Gasteiger partial charge is 0.328 e. The van der Waals surface area contributed by atoms with Crippen molar-refractivity contribution in [3.05, 3.63) is 51.5 Å². The van der Waals surface area contributed by atoms with Crippen LogP contribution in [0.15, 0.2) is 23.0 Å². The van der Waals surface area contributed by atoms with Crippen molar-refractivity contribution in [3.63, 3.8) is 0 Å². The van der Waals surface area contributed by atoms with Gasteiger partial charge in [0.2, 0.25) is 0 Å². The first-order chi connectivity index (χ1) is 11.1. The molecule has 2 aromatic heterocycles. The lowest BCUT2D eigenvalue weighted by Gasteiger charge is -2.15. The van der Waals surface area contributed by atoms with Crippen LogP contribution < -0.4 is 5.69 Å². The highest BCUT2D eigenvalue weighted by molar-refractivity contribution is 5.76. The summed E-state index contributed by atoms with van der Waals surface area (Å²) in [5.74, 6) is 1.10. The minimum atomic E-state index is 0.0216. The zero-order valence-corrected chi connectivity index (χ0v) is 14.0. The first-order valence-electron chi connectivity index (χ1n) is 8.25. The molecule has 2 heterocycles. The summed E-state index contributed by atoms with van der Waals surface area (Å²) in [6, 6.07) is 6.30. The number of fused-ring (bicyclic) bond motifs is 2. The van der Waals surface area contributed by atoms with Crippen molar-refractivity contribution in [3.8, 4) is 0 Å². The third-order valence-corrected chi connectivity index (χ3v) is 5.10. The second kappa shape index (κ2) is 5.11. The molecular formula is C18H22N4O. The molecule has 5 heteroatoms. The van der Waals surface area contributed by atoms with Gasteiger partial charge in [0.05, 0.1) is 16.7 Å². The van der Waals surface area contributed by atoms with E-state index in [0.717, 1.165) is 36.2 Å². The number of hydrogen-bond acceptors (Lipinski definition) is 2. The Bertz CT molecular complexity index is 958. The van der Waals surface area contributed by atoms with Crippen LogP contribution in [-0.2, 0) is 33.5 Å². The van der Waals surface area contributed by atoms with Crippen LogP contribution in [0.1, 0.15) is 35.6 Å². The van der Waals surface area contributed by atoms with E-state index in [4.69, 9.17) is 4.98 Å². The fraction of sp³-hybridized carbons (Fsp3) is 0.444. The van der Waals surface area contributed by atoms with Crippen LogP contribution >= 0.6 is 0 Å². The summed E-state index contributed by atoms with van der Waals surface area (Å²) in [4.78, 5) is 16.8. The molecule has 0 spiro atoms. The molecule has 0 atom stereocenters. The summed E-state index contributed by atoms with van der Waals surface area (Å²) in [6.45, 7) is 2.92. The second-order valence-electron chi connectivity index (χ2n) is 6.57. The standard InChI is InChI=1S/C18H22N4O/c1-12-19-14-6-4-5-7-15(14)22(12)11-13-8-9-16-17(10-13)21(3)18(23)20(16)2/h8-10H,4-7,11H2,1-3H3. The van der Waals surface area contributed by atoms with Gasteiger partial charge < -0.3 is 4.57 Å². The Balaban J connectivity index is 1.78. The highest BCUT2D eigenvalue weighted by atomic mass is 16.1. The van der Waals surface area contributed by atoms with Crippen LogP contribution in [0, 0.1) is 6.92 Å². The highest BCUT2D eigenvalue weighted by Crippen LogP contribution is 2.24. The number of hydrogen-bond donors (Lipinski definition) is 0. The van der Waals surface area contributed by atoms with Gasteiger partial charge in [-0.1, -0.05) is 6.07 Å². The Morgan fingerprint density at radius 1 is 1.09 bits per heavy atom. The number of nitrogens with zero attached hydrogens (tertiary/aromatic N) is 4. The van der Waals surface area contributed by atoms with Gasteiger partial charge in [-0.3, -0.25) is 9.13 Å². The molecule has 1 aliphatic rings. The lowest BCUT2D eigenvalue weighted by molar-refractivity contribution is 0.624. The van der Waals surface area contributed by atoms with Gasteiger partial charge in [-0.15, -0.1) is 0 Å². The Labute approximate surface area is 135 Å². The maximum absolute atomic E-state index is 12.1. The topological polar surface area (TPSA) is 44.8 Å². The molecule has 0 radical (unpaired) electrons. The van der Waals surface area contributed by atoms with Crippen molar-refractivity contribution in [2.24, 2.45) is 14.1 Å². The fourth-order valence-electron chi connectivity index (χ4n) is 3.78. The van der Waals surface area contributed by atoms with Crippen LogP contribution in [0.4, 0.5) is 0 Å². The fourth-order valence-corrected chi connectivity index (χ4v) is 3.78. The van der Waals surface area contributed by atoms with Gasteiger partial charge in [-0.05, 0) is 50.3 Å². The number of aryl methyl sites for hydroxylation is 4. The molecule has 4 rings (SSSR count). The monoisotopic (exact) mass is 310 g/mol. The van der Waals surface area contributed by atoms with E-state index in [2.05, 4.69) is 23.6 Å². The molecule has 1 aliphatic carbocycles. The summed E-state index contributed by atoms with van der Waals surface area (Å²) in [7, 11) is 3.65. The van der Waals surface area contributed by atoms with Crippen LogP contribution in [-0.4, -0.2) is 18.7 Å². The first kappa shape index (κ1) is 14.3. The molecule has 0 saturated heterocycles. The van der Waals surface area contributed by atoms with E-state index >= 15 is 0 Å². The predicted molar refractivity (Wildman–Crippen MR) is 90.9 cm³/mol. The molecule has 0 saturated carbocycles.